The number of piperazine rings is 1. The predicted octanol–water partition coefficient (Wildman–Crippen LogP) is 2.97. The molecule has 3 rings (SSSR count). The highest BCUT2D eigenvalue weighted by Gasteiger charge is 2.15. The molecule has 0 amide bonds. The zero-order chi connectivity index (χ0) is 13.2. The molecule has 1 aromatic carbocycles. The van der Waals surface area contributed by atoms with Gasteiger partial charge in [0.2, 0.25) is 0 Å². The first-order valence-electron chi connectivity index (χ1n) is 6.83. The standard InChI is InChI=1S/C15H18BrN3/c1-2-11-9-12-10-13(16)3-4-14(12)18-15(11)19-7-5-17-6-8-19/h3-4,9-10,17H,2,5-8H2,1H3. The van der Waals surface area contributed by atoms with Gasteiger partial charge in [0.25, 0.3) is 0 Å². The van der Waals surface area contributed by atoms with Crippen LogP contribution in [0.25, 0.3) is 10.9 Å². The zero-order valence-electron chi connectivity index (χ0n) is 11.1. The Bertz CT molecular complexity index is 591. The first-order chi connectivity index (χ1) is 9.28. The highest BCUT2D eigenvalue weighted by atomic mass is 79.9. The number of anilines is 1. The first-order valence-corrected chi connectivity index (χ1v) is 7.62. The van der Waals surface area contributed by atoms with Gasteiger partial charge >= 0.3 is 0 Å². The Morgan fingerprint density at radius 1 is 1.26 bits per heavy atom. The van der Waals surface area contributed by atoms with E-state index in [1.165, 1.54) is 16.8 Å². The molecular weight excluding hydrogens is 302 g/mol. The Morgan fingerprint density at radius 2 is 2.05 bits per heavy atom. The molecule has 0 unspecified atom stereocenters. The van der Waals surface area contributed by atoms with E-state index in [-0.39, 0.29) is 0 Å². The van der Waals surface area contributed by atoms with Crippen molar-refractivity contribution < 1.29 is 0 Å². The summed E-state index contributed by atoms with van der Waals surface area (Å²) >= 11 is 3.53. The van der Waals surface area contributed by atoms with Crippen LogP contribution in [0.4, 0.5) is 5.82 Å². The molecule has 100 valence electrons. The fourth-order valence-corrected chi connectivity index (χ4v) is 2.97. The Hall–Kier alpha value is -1.13. The normalized spacial score (nSPS) is 16.0. The maximum absolute atomic E-state index is 4.89. The fraction of sp³-hybridized carbons (Fsp3) is 0.400. The van der Waals surface area contributed by atoms with Crippen LogP contribution in [0.15, 0.2) is 28.7 Å². The molecule has 0 bridgehead atoms. The third-order valence-corrected chi connectivity index (χ3v) is 4.12. The van der Waals surface area contributed by atoms with Crippen LogP contribution < -0.4 is 10.2 Å². The lowest BCUT2D eigenvalue weighted by Crippen LogP contribution is -2.44. The van der Waals surface area contributed by atoms with Gasteiger partial charge in [-0.25, -0.2) is 4.98 Å². The third-order valence-electron chi connectivity index (χ3n) is 3.63. The van der Waals surface area contributed by atoms with E-state index in [0.29, 0.717) is 0 Å². The van der Waals surface area contributed by atoms with Crippen molar-refractivity contribution in [1.29, 1.82) is 0 Å². The van der Waals surface area contributed by atoms with E-state index in [1.54, 1.807) is 0 Å². The zero-order valence-corrected chi connectivity index (χ0v) is 12.7. The van der Waals surface area contributed by atoms with Gasteiger partial charge in [0.05, 0.1) is 5.52 Å². The maximum Gasteiger partial charge on any atom is 0.132 e. The van der Waals surface area contributed by atoms with Crippen molar-refractivity contribution in [3.63, 3.8) is 0 Å². The molecule has 0 aliphatic carbocycles. The van der Waals surface area contributed by atoms with Gasteiger partial charge in [0.1, 0.15) is 5.82 Å². The second kappa shape index (κ2) is 5.47. The number of hydrogen-bond acceptors (Lipinski definition) is 3. The number of fused-ring (bicyclic) bond motifs is 1. The maximum atomic E-state index is 4.89. The number of aryl methyl sites for hydroxylation is 1. The third kappa shape index (κ3) is 2.60. The second-order valence-electron chi connectivity index (χ2n) is 4.90. The van der Waals surface area contributed by atoms with E-state index in [2.05, 4.69) is 57.3 Å². The molecule has 0 spiro atoms. The predicted molar refractivity (Wildman–Crippen MR) is 83.9 cm³/mol. The SMILES string of the molecule is CCc1cc2cc(Br)ccc2nc1N1CCNCC1. The summed E-state index contributed by atoms with van der Waals surface area (Å²) in [5.41, 5.74) is 2.42. The van der Waals surface area contributed by atoms with Crippen molar-refractivity contribution in [2.45, 2.75) is 13.3 Å². The quantitative estimate of drug-likeness (QED) is 0.922. The summed E-state index contributed by atoms with van der Waals surface area (Å²) in [5, 5.41) is 4.60. The highest BCUT2D eigenvalue weighted by Crippen LogP contribution is 2.26. The summed E-state index contributed by atoms with van der Waals surface area (Å²) < 4.78 is 1.11. The van der Waals surface area contributed by atoms with Crippen LogP contribution in [0.5, 0.6) is 0 Å². The fourth-order valence-electron chi connectivity index (χ4n) is 2.59. The molecule has 0 atom stereocenters. The molecule has 1 aliphatic heterocycles. The van der Waals surface area contributed by atoms with Crippen molar-refractivity contribution in [2.75, 3.05) is 31.1 Å². The Labute approximate surface area is 122 Å². The largest absolute Gasteiger partial charge is 0.354 e. The van der Waals surface area contributed by atoms with E-state index >= 15 is 0 Å². The molecule has 1 N–H and O–H groups in total. The van der Waals surface area contributed by atoms with Crippen molar-refractivity contribution >= 4 is 32.7 Å². The minimum atomic E-state index is 1.02. The molecule has 4 heteroatoms. The molecule has 0 saturated carbocycles. The van der Waals surface area contributed by atoms with Crippen LogP contribution in [0, 0.1) is 0 Å². The van der Waals surface area contributed by atoms with Gasteiger partial charge < -0.3 is 10.2 Å². The molecule has 1 aromatic heterocycles. The first kappa shape index (κ1) is 12.9. The van der Waals surface area contributed by atoms with Crippen LogP contribution in [0.2, 0.25) is 0 Å². The molecule has 1 saturated heterocycles. The average Bonchev–Trinajstić information content (AvgIpc) is 2.46. The molecule has 2 aromatic rings. The van der Waals surface area contributed by atoms with Gasteiger partial charge in [-0.1, -0.05) is 22.9 Å². The van der Waals surface area contributed by atoms with Crippen LogP contribution in [0.3, 0.4) is 0 Å². The van der Waals surface area contributed by atoms with Gasteiger partial charge in [-0.05, 0) is 36.2 Å². The van der Waals surface area contributed by atoms with E-state index in [9.17, 15) is 0 Å². The monoisotopic (exact) mass is 319 g/mol. The number of halogens is 1. The van der Waals surface area contributed by atoms with Crippen molar-refractivity contribution in [3.8, 4) is 0 Å². The molecule has 0 radical (unpaired) electrons. The summed E-state index contributed by atoms with van der Waals surface area (Å²) in [6.45, 7) is 6.38. The summed E-state index contributed by atoms with van der Waals surface area (Å²) in [7, 11) is 0. The molecule has 3 nitrogen and oxygen atoms in total. The summed E-state index contributed by atoms with van der Waals surface area (Å²) in [6.07, 6.45) is 1.02. The van der Waals surface area contributed by atoms with Gasteiger partial charge in [-0.3, -0.25) is 0 Å². The molecule has 19 heavy (non-hydrogen) atoms. The van der Waals surface area contributed by atoms with E-state index in [0.717, 1.165) is 42.6 Å². The number of pyridine rings is 1. The van der Waals surface area contributed by atoms with E-state index < -0.39 is 0 Å². The summed E-state index contributed by atoms with van der Waals surface area (Å²) in [5.74, 6) is 1.17. The van der Waals surface area contributed by atoms with Gasteiger partial charge in [0, 0.05) is 36.0 Å². The smallest absolute Gasteiger partial charge is 0.132 e. The Morgan fingerprint density at radius 3 is 2.79 bits per heavy atom. The van der Waals surface area contributed by atoms with Gasteiger partial charge in [0.15, 0.2) is 0 Å². The van der Waals surface area contributed by atoms with Crippen LogP contribution in [-0.2, 0) is 6.42 Å². The molecule has 1 fully saturated rings. The van der Waals surface area contributed by atoms with Crippen LogP contribution in [0.1, 0.15) is 12.5 Å². The van der Waals surface area contributed by atoms with Gasteiger partial charge in [-0.15, -0.1) is 0 Å². The van der Waals surface area contributed by atoms with Crippen LogP contribution >= 0.6 is 15.9 Å². The minimum Gasteiger partial charge on any atom is -0.354 e. The van der Waals surface area contributed by atoms with Crippen molar-refractivity contribution in [3.05, 3.63) is 34.3 Å². The van der Waals surface area contributed by atoms with E-state index in [1.807, 2.05) is 0 Å². The van der Waals surface area contributed by atoms with Crippen LogP contribution in [-0.4, -0.2) is 31.2 Å². The average molecular weight is 320 g/mol. The number of benzene rings is 1. The second-order valence-corrected chi connectivity index (χ2v) is 5.81. The highest BCUT2D eigenvalue weighted by molar-refractivity contribution is 9.10. The van der Waals surface area contributed by atoms with Gasteiger partial charge in [-0.2, -0.15) is 0 Å². The molecular formula is C15H18BrN3. The lowest BCUT2D eigenvalue weighted by molar-refractivity contribution is 0.584. The van der Waals surface area contributed by atoms with Crippen molar-refractivity contribution in [1.82, 2.24) is 10.3 Å². The number of nitrogens with zero attached hydrogens (tertiary/aromatic N) is 2. The number of hydrogen-bond donors (Lipinski definition) is 1. The Balaban J connectivity index is 2.09. The lowest BCUT2D eigenvalue weighted by Gasteiger charge is -2.30. The van der Waals surface area contributed by atoms with E-state index in [4.69, 9.17) is 4.98 Å². The number of rotatable bonds is 2. The summed E-state index contributed by atoms with van der Waals surface area (Å²) in [4.78, 5) is 7.29. The van der Waals surface area contributed by atoms with Crippen molar-refractivity contribution in [2.24, 2.45) is 0 Å². The topological polar surface area (TPSA) is 28.2 Å². The minimum absolute atomic E-state index is 1.02. The number of nitrogens with one attached hydrogen (secondary N) is 1. The Kier molecular flexibility index (Phi) is 3.71. The molecule has 2 heterocycles. The lowest BCUT2D eigenvalue weighted by atomic mass is 10.1. The molecule has 1 aliphatic rings. The summed E-state index contributed by atoms with van der Waals surface area (Å²) in [6, 6.07) is 8.57. The number of aromatic nitrogens is 1.